The maximum Gasteiger partial charge on any atom is 0.353 e. The number of aromatic nitrogens is 2. The van der Waals surface area contributed by atoms with Crippen molar-refractivity contribution in [1.82, 2.24) is 9.97 Å². The molecule has 0 radical (unpaired) electrons. The van der Waals surface area contributed by atoms with E-state index in [1.165, 1.54) is 7.11 Å². The number of hydrogen-bond donors (Lipinski definition) is 2. The van der Waals surface area contributed by atoms with Crippen LogP contribution in [0.2, 0.25) is 0 Å². The van der Waals surface area contributed by atoms with Crippen molar-refractivity contribution in [2.24, 2.45) is 0 Å². The Morgan fingerprint density at radius 1 is 1.04 bits per heavy atom. The lowest BCUT2D eigenvalue weighted by atomic mass is 10.2. The predicted molar refractivity (Wildman–Crippen MR) is 94.6 cm³/mol. The van der Waals surface area contributed by atoms with E-state index in [4.69, 9.17) is 4.74 Å². The molecule has 138 valence electrons. The normalized spacial score (nSPS) is 10.3. The Kier molecular flexibility index (Phi) is 5.06. The first-order chi connectivity index (χ1) is 13.0. The Bertz CT molecular complexity index is 1000. The molecule has 8 nitrogen and oxygen atoms in total. The summed E-state index contributed by atoms with van der Waals surface area (Å²) in [7, 11) is 1.46. The van der Waals surface area contributed by atoms with Crippen molar-refractivity contribution in [3.05, 3.63) is 70.5 Å². The van der Waals surface area contributed by atoms with Crippen molar-refractivity contribution < 1.29 is 18.4 Å². The van der Waals surface area contributed by atoms with Crippen LogP contribution in [0.4, 0.5) is 37.5 Å². The second-order valence-electron chi connectivity index (χ2n) is 5.25. The number of para-hydroxylation sites is 2. The molecule has 2 N–H and O–H groups in total. The van der Waals surface area contributed by atoms with Crippen LogP contribution < -0.4 is 15.4 Å². The molecule has 0 spiro atoms. The van der Waals surface area contributed by atoms with E-state index in [1.807, 2.05) is 0 Å². The molecule has 0 amide bonds. The number of nitrogens with zero attached hydrogens (tertiary/aromatic N) is 3. The van der Waals surface area contributed by atoms with E-state index in [1.54, 1.807) is 24.3 Å². The van der Waals surface area contributed by atoms with E-state index in [9.17, 15) is 18.9 Å². The van der Waals surface area contributed by atoms with Gasteiger partial charge in [0.2, 0.25) is 11.6 Å². The molecule has 0 saturated heterocycles. The Balaban J connectivity index is 2.01. The third kappa shape index (κ3) is 3.89. The van der Waals surface area contributed by atoms with Crippen LogP contribution in [0.5, 0.6) is 5.75 Å². The zero-order valence-corrected chi connectivity index (χ0v) is 13.9. The molecule has 10 heteroatoms. The number of anilines is 4. The first-order valence-corrected chi connectivity index (χ1v) is 7.61. The van der Waals surface area contributed by atoms with Crippen molar-refractivity contribution in [1.29, 1.82) is 0 Å². The van der Waals surface area contributed by atoms with E-state index >= 15 is 0 Å². The van der Waals surface area contributed by atoms with Crippen LogP contribution >= 0.6 is 0 Å². The van der Waals surface area contributed by atoms with Gasteiger partial charge in [-0.1, -0.05) is 12.1 Å². The standard InChI is InChI=1S/C17H13F2N5O3/c1-27-14-5-3-2-4-13(14)23-17-15(24(25)26)16(20-9-21-17)22-12-7-6-10(18)8-11(12)19/h2-9H,1H3,(H2,20,21,22,23). The van der Waals surface area contributed by atoms with Gasteiger partial charge in [0, 0.05) is 6.07 Å². The van der Waals surface area contributed by atoms with Crippen LogP contribution in [-0.2, 0) is 0 Å². The second kappa shape index (κ2) is 7.60. The van der Waals surface area contributed by atoms with Crippen LogP contribution in [0.1, 0.15) is 0 Å². The molecule has 3 aromatic rings. The van der Waals surface area contributed by atoms with E-state index in [0.29, 0.717) is 17.5 Å². The van der Waals surface area contributed by atoms with Gasteiger partial charge in [-0.25, -0.2) is 18.7 Å². The smallest absolute Gasteiger partial charge is 0.353 e. The van der Waals surface area contributed by atoms with E-state index in [0.717, 1.165) is 18.5 Å². The molecule has 0 saturated carbocycles. The molecule has 0 atom stereocenters. The van der Waals surface area contributed by atoms with E-state index < -0.39 is 22.2 Å². The molecule has 0 unspecified atom stereocenters. The summed E-state index contributed by atoms with van der Waals surface area (Å²) in [6.07, 6.45) is 1.08. The van der Waals surface area contributed by atoms with Gasteiger partial charge in [0.15, 0.2) is 0 Å². The van der Waals surface area contributed by atoms with Gasteiger partial charge >= 0.3 is 5.69 Å². The molecule has 0 aliphatic heterocycles. The van der Waals surface area contributed by atoms with Gasteiger partial charge in [-0.15, -0.1) is 0 Å². The highest BCUT2D eigenvalue weighted by Crippen LogP contribution is 2.35. The van der Waals surface area contributed by atoms with Crippen molar-refractivity contribution in [3.8, 4) is 5.75 Å². The third-order valence-corrected chi connectivity index (χ3v) is 3.55. The summed E-state index contributed by atoms with van der Waals surface area (Å²) in [5.74, 6) is -1.61. The number of nitro groups is 1. The fourth-order valence-electron chi connectivity index (χ4n) is 2.33. The van der Waals surface area contributed by atoms with Crippen molar-refractivity contribution in [2.45, 2.75) is 0 Å². The van der Waals surface area contributed by atoms with Crippen molar-refractivity contribution in [3.63, 3.8) is 0 Å². The van der Waals surface area contributed by atoms with Gasteiger partial charge in [-0.3, -0.25) is 10.1 Å². The summed E-state index contributed by atoms with van der Waals surface area (Å²) in [6, 6.07) is 9.56. The molecule has 27 heavy (non-hydrogen) atoms. The number of halogens is 2. The number of ether oxygens (including phenoxy) is 1. The number of rotatable bonds is 6. The van der Waals surface area contributed by atoms with Crippen molar-refractivity contribution in [2.75, 3.05) is 17.7 Å². The van der Waals surface area contributed by atoms with Crippen LogP contribution in [0.15, 0.2) is 48.8 Å². The van der Waals surface area contributed by atoms with Gasteiger partial charge in [0.25, 0.3) is 0 Å². The largest absolute Gasteiger partial charge is 0.495 e. The van der Waals surface area contributed by atoms with Gasteiger partial charge in [-0.05, 0) is 24.3 Å². The molecule has 1 aromatic heterocycles. The molecule has 1 heterocycles. The van der Waals surface area contributed by atoms with E-state index in [-0.39, 0.29) is 17.3 Å². The number of benzene rings is 2. The van der Waals surface area contributed by atoms with E-state index in [2.05, 4.69) is 20.6 Å². The van der Waals surface area contributed by atoms with Crippen molar-refractivity contribution >= 4 is 28.7 Å². The first-order valence-electron chi connectivity index (χ1n) is 7.61. The lowest BCUT2D eigenvalue weighted by molar-refractivity contribution is -0.383. The minimum absolute atomic E-state index is 0.121. The molecule has 0 bridgehead atoms. The Labute approximate surface area is 152 Å². The third-order valence-electron chi connectivity index (χ3n) is 3.55. The van der Waals surface area contributed by atoms with Gasteiger partial charge in [0.05, 0.1) is 23.4 Å². The lowest BCUT2D eigenvalue weighted by Gasteiger charge is -2.12. The summed E-state index contributed by atoms with van der Waals surface area (Å²) < 4.78 is 32.1. The summed E-state index contributed by atoms with van der Waals surface area (Å²) in [5.41, 5.74) is -0.228. The summed E-state index contributed by atoms with van der Waals surface area (Å²) in [6.45, 7) is 0. The lowest BCUT2D eigenvalue weighted by Crippen LogP contribution is -2.06. The number of hydrogen-bond acceptors (Lipinski definition) is 7. The first kappa shape index (κ1) is 18.0. The average molecular weight is 373 g/mol. The van der Waals surface area contributed by atoms with Gasteiger partial charge in [0.1, 0.15) is 23.7 Å². The van der Waals surface area contributed by atoms with Crippen LogP contribution in [0.3, 0.4) is 0 Å². The fourth-order valence-corrected chi connectivity index (χ4v) is 2.33. The maximum absolute atomic E-state index is 13.9. The van der Waals surface area contributed by atoms with Crippen LogP contribution in [0.25, 0.3) is 0 Å². The quantitative estimate of drug-likeness (QED) is 0.494. The summed E-state index contributed by atoms with van der Waals surface area (Å²) in [4.78, 5) is 18.6. The average Bonchev–Trinajstić information content (AvgIpc) is 2.64. The van der Waals surface area contributed by atoms with Crippen LogP contribution in [-0.4, -0.2) is 22.0 Å². The molecule has 0 aliphatic carbocycles. The topological polar surface area (TPSA) is 102 Å². The molecular weight excluding hydrogens is 360 g/mol. The molecule has 0 aliphatic rings. The molecular formula is C17H13F2N5O3. The van der Waals surface area contributed by atoms with Gasteiger partial charge in [-0.2, -0.15) is 0 Å². The highest BCUT2D eigenvalue weighted by molar-refractivity contribution is 5.78. The highest BCUT2D eigenvalue weighted by Gasteiger charge is 2.24. The summed E-state index contributed by atoms with van der Waals surface area (Å²) in [5, 5.41) is 16.9. The zero-order chi connectivity index (χ0) is 19.4. The number of methoxy groups -OCH3 is 1. The second-order valence-corrected chi connectivity index (χ2v) is 5.25. The monoisotopic (exact) mass is 373 g/mol. The number of nitrogens with one attached hydrogen (secondary N) is 2. The minimum Gasteiger partial charge on any atom is -0.495 e. The molecule has 2 aromatic carbocycles. The van der Waals surface area contributed by atoms with Crippen LogP contribution in [0, 0.1) is 21.7 Å². The highest BCUT2D eigenvalue weighted by atomic mass is 19.1. The Morgan fingerprint density at radius 3 is 2.33 bits per heavy atom. The zero-order valence-electron chi connectivity index (χ0n) is 13.9. The minimum atomic E-state index is -0.915. The summed E-state index contributed by atoms with van der Waals surface area (Å²) >= 11 is 0. The molecule has 0 fully saturated rings. The maximum atomic E-state index is 13.9. The Morgan fingerprint density at radius 2 is 1.70 bits per heavy atom. The predicted octanol–water partition coefficient (Wildman–Crippen LogP) is 4.16. The molecule has 3 rings (SSSR count). The van der Waals surface area contributed by atoms with Gasteiger partial charge < -0.3 is 15.4 Å². The SMILES string of the molecule is COc1ccccc1Nc1ncnc(Nc2ccc(F)cc2F)c1[N+](=O)[O-]. The Hall–Kier alpha value is -3.82. The fraction of sp³-hybridized carbons (Fsp3) is 0.0588.